The van der Waals surface area contributed by atoms with Crippen molar-refractivity contribution in [2.24, 2.45) is 29.1 Å². The fourth-order valence-electron chi connectivity index (χ4n) is 4.19. The van der Waals surface area contributed by atoms with Crippen molar-refractivity contribution in [3.05, 3.63) is 0 Å². The zero-order chi connectivity index (χ0) is 20.8. The van der Waals surface area contributed by atoms with Gasteiger partial charge in [-0.3, -0.25) is 14.4 Å². The van der Waals surface area contributed by atoms with Crippen LogP contribution in [0.4, 0.5) is 0 Å². The molecular weight excluding hydrogens is 344 g/mol. The summed E-state index contributed by atoms with van der Waals surface area (Å²) in [6, 6.07) is -0.703. The van der Waals surface area contributed by atoms with Crippen LogP contribution in [0.2, 0.25) is 0 Å². The molecule has 0 aromatic rings. The van der Waals surface area contributed by atoms with Gasteiger partial charge in [-0.1, -0.05) is 53.9 Å². The first-order valence-corrected chi connectivity index (χ1v) is 10.2. The summed E-state index contributed by atoms with van der Waals surface area (Å²) in [5.74, 6) is -2.57. The molecule has 0 saturated heterocycles. The first kappa shape index (κ1) is 23.4. The zero-order valence-electron chi connectivity index (χ0n) is 17.8. The number of rotatable bonds is 8. The lowest BCUT2D eigenvalue weighted by molar-refractivity contribution is -0.151. The van der Waals surface area contributed by atoms with Gasteiger partial charge in [-0.25, -0.2) is 0 Å². The summed E-state index contributed by atoms with van der Waals surface area (Å²) >= 11 is 0. The lowest BCUT2D eigenvalue weighted by atomic mass is 9.71. The SMILES string of the molecule is CNC(=O)[C@@H](NC(=O)[C@H](CC(C)C)[C@@H](C(=O)O)C1CCCCC1)C(C)(C)C. The number of amides is 2. The van der Waals surface area contributed by atoms with Crippen molar-refractivity contribution in [3.8, 4) is 0 Å². The molecule has 6 nitrogen and oxygen atoms in total. The molecule has 27 heavy (non-hydrogen) atoms. The van der Waals surface area contributed by atoms with Crippen LogP contribution in [0.5, 0.6) is 0 Å². The van der Waals surface area contributed by atoms with Crippen molar-refractivity contribution in [1.82, 2.24) is 10.6 Å². The molecule has 1 fully saturated rings. The molecule has 3 N–H and O–H groups in total. The van der Waals surface area contributed by atoms with Crippen molar-refractivity contribution < 1.29 is 19.5 Å². The Morgan fingerprint density at radius 2 is 1.59 bits per heavy atom. The number of carbonyl (C=O) groups excluding carboxylic acids is 2. The Morgan fingerprint density at radius 3 is 2.00 bits per heavy atom. The van der Waals surface area contributed by atoms with Gasteiger partial charge in [0.25, 0.3) is 0 Å². The maximum absolute atomic E-state index is 13.2. The predicted octanol–water partition coefficient (Wildman–Crippen LogP) is 3.21. The van der Waals surface area contributed by atoms with Gasteiger partial charge in [-0.15, -0.1) is 0 Å². The predicted molar refractivity (Wildman–Crippen MR) is 106 cm³/mol. The minimum atomic E-state index is -0.894. The average Bonchev–Trinajstić information content (AvgIpc) is 2.57. The van der Waals surface area contributed by atoms with E-state index >= 15 is 0 Å². The van der Waals surface area contributed by atoms with E-state index in [0.717, 1.165) is 32.1 Å². The maximum Gasteiger partial charge on any atom is 0.307 e. The third kappa shape index (κ3) is 6.82. The Bertz CT molecular complexity index is 519. The number of carboxylic acid groups (broad SMARTS) is 1. The molecule has 1 rings (SSSR count). The van der Waals surface area contributed by atoms with E-state index in [4.69, 9.17) is 0 Å². The molecule has 1 aliphatic carbocycles. The fourth-order valence-corrected chi connectivity index (χ4v) is 4.19. The summed E-state index contributed by atoms with van der Waals surface area (Å²) in [5, 5.41) is 15.4. The van der Waals surface area contributed by atoms with Crippen LogP contribution in [-0.2, 0) is 14.4 Å². The number of hydrogen-bond donors (Lipinski definition) is 3. The Balaban J connectivity index is 3.12. The van der Waals surface area contributed by atoms with Gasteiger partial charge in [-0.2, -0.15) is 0 Å². The van der Waals surface area contributed by atoms with E-state index in [2.05, 4.69) is 10.6 Å². The van der Waals surface area contributed by atoms with Gasteiger partial charge in [0.1, 0.15) is 6.04 Å². The van der Waals surface area contributed by atoms with E-state index in [-0.39, 0.29) is 23.7 Å². The topological polar surface area (TPSA) is 95.5 Å². The van der Waals surface area contributed by atoms with Crippen molar-refractivity contribution in [1.29, 1.82) is 0 Å². The molecule has 6 heteroatoms. The van der Waals surface area contributed by atoms with Crippen LogP contribution >= 0.6 is 0 Å². The third-order valence-corrected chi connectivity index (χ3v) is 5.60. The van der Waals surface area contributed by atoms with Crippen LogP contribution in [0.25, 0.3) is 0 Å². The zero-order valence-corrected chi connectivity index (χ0v) is 17.8. The van der Waals surface area contributed by atoms with Crippen molar-refractivity contribution in [2.75, 3.05) is 7.05 Å². The molecule has 0 spiro atoms. The third-order valence-electron chi connectivity index (χ3n) is 5.60. The van der Waals surface area contributed by atoms with Gasteiger partial charge in [0, 0.05) is 7.05 Å². The highest BCUT2D eigenvalue weighted by atomic mass is 16.4. The van der Waals surface area contributed by atoms with Crippen molar-refractivity contribution in [3.63, 3.8) is 0 Å². The van der Waals surface area contributed by atoms with Crippen LogP contribution in [0.3, 0.4) is 0 Å². The number of nitrogens with one attached hydrogen (secondary N) is 2. The maximum atomic E-state index is 13.2. The van der Waals surface area contributed by atoms with Crippen LogP contribution in [0.1, 0.15) is 73.1 Å². The molecule has 3 atom stereocenters. The highest BCUT2D eigenvalue weighted by Gasteiger charge is 2.42. The molecular formula is C21H38N2O4. The Morgan fingerprint density at radius 1 is 1.04 bits per heavy atom. The van der Waals surface area contributed by atoms with Crippen molar-refractivity contribution >= 4 is 17.8 Å². The van der Waals surface area contributed by atoms with Gasteiger partial charge in [0.15, 0.2) is 0 Å². The van der Waals surface area contributed by atoms with Crippen molar-refractivity contribution in [2.45, 2.75) is 79.2 Å². The fraction of sp³-hybridized carbons (Fsp3) is 0.857. The molecule has 1 saturated carbocycles. The normalized spacial score (nSPS) is 19.2. The van der Waals surface area contributed by atoms with E-state index in [9.17, 15) is 19.5 Å². The molecule has 156 valence electrons. The quantitative estimate of drug-likeness (QED) is 0.601. The van der Waals surface area contributed by atoms with Gasteiger partial charge in [-0.05, 0) is 36.5 Å². The number of aliphatic carboxylic acids is 1. The molecule has 0 aromatic carbocycles. The molecule has 0 aromatic heterocycles. The molecule has 1 aliphatic rings. The second-order valence-corrected chi connectivity index (χ2v) is 9.42. The standard InChI is InChI=1S/C21H38N2O4/c1-13(2)12-15(16(20(26)27)14-10-8-7-9-11-14)18(24)23-17(19(25)22-6)21(3,4)5/h13-17H,7-12H2,1-6H3,(H,22,25)(H,23,24)(H,26,27)/t15-,16+,17-/m1/s1. The van der Waals surface area contributed by atoms with E-state index < -0.39 is 29.3 Å². The van der Waals surface area contributed by atoms with Gasteiger partial charge < -0.3 is 15.7 Å². The number of carbonyl (C=O) groups is 3. The minimum absolute atomic E-state index is 0.0267. The Kier molecular flexibility index (Phi) is 8.76. The van der Waals surface area contributed by atoms with Crippen LogP contribution in [-0.4, -0.2) is 36.0 Å². The van der Waals surface area contributed by atoms with Gasteiger partial charge >= 0.3 is 5.97 Å². The molecule has 0 aliphatic heterocycles. The highest BCUT2D eigenvalue weighted by molar-refractivity contribution is 5.90. The van der Waals surface area contributed by atoms with E-state index in [1.807, 2.05) is 34.6 Å². The summed E-state index contributed by atoms with van der Waals surface area (Å²) < 4.78 is 0. The van der Waals surface area contributed by atoms with Crippen LogP contribution < -0.4 is 10.6 Å². The monoisotopic (exact) mass is 382 g/mol. The minimum Gasteiger partial charge on any atom is -0.481 e. The molecule has 0 bridgehead atoms. The summed E-state index contributed by atoms with van der Waals surface area (Å²) in [4.78, 5) is 37.6. The molecule has 0 heterocycles. The van der Waals surface area contributed by atoms with E-state index in [1.54, 1.807) is 7.05 Å². The average molecular weight is 383 g/mol. The van der Waals surface area contributed by atoms with Gasteiger partial charge in [0.05, 0.1) is 11.8 Å². The highest BCUT2D eigenvalue weighted by Crippen LogP contribution is 2.37. The first-order valence-electron chi connectivity index (χ1n) is 10.2. The summed E-state index contributed by atoms with van der Waals surface area (Å²) in [7, 11) is 1.54. The number of hydrogen-bond acceptors (Lipinski definition) is 3. The number of carboxylic acids is 1. The largest absolute Gasteiger partial charge is 0.481 e. The summed E-state index contributed by atoms with van der Waals surface area (Å²) in [5.41, 5.74) is -0.471. The Hall–Kier alpha value is -1.59. The summed E-state index contributed by atoms with van der Waals surface area (Å²) in [6.45, 7) is 9.67. The molecule has 0 unspecified atom stereocenters. The first-order chi connectivity index (χ1) is 12.5. The number of likely N-dealkylation sites (N-methyl/N-ethyl adjacent to an activating group) is 1. The molecule has 2 amide bonds. The molecule has 0 radical (unpaired) electrons. The lowest BCUT2D eigenvalue weighted by Gasteiger charge is -2.36. The smallest absolute Gasteiger partial charge is 0.307 e. The Labute approximate surface area is 163 Å². The van der Waals surface area contributed by atoms with Crippen LogP contribution in [0, 0.1) is 29.1 Å². The van der Waals surface area contributed by atoms with Crippen LogP contribution in [0.15, 0.2) is 0 Å². The van der Waals surface area contributed by atoms with Gasteiger partial charge in [0.2, 0.25) is 11.8 Å². The lowest BCUT2D eigenvalue weighted by Crippen LogP contribution is -2.55. The van der Waals surface area contributed by atoms with E-state index in [0.29, 0.717) is 6.42 Å². The second kappa shape index (κ2) is 10.1. The second-order valence-electron chi connectivity index (χ2n) is 9.42. The van der Waals surface area contributed by atoms with E-state index in [1.165, 1.54) is 0 Å². The summed E-state index contributed by atoms with van der Waals surface area (Å²) in [6.07, 6.45) is 5.39.